The van der Waals surface area contributed by atoms with Crippen molar-refractivity contribution in [2.75, 3.05) is 5.32 Å². The van der Waals surface area contributed by atoms with Crippen molar-refractivity contribution in [2.45, 2.75) is 6.54 Å². The van der Waals surface area contributed by atoms with Crippen LogP contribution in [0.3, 0.4) is 0 Å². The van der Waals surface area contributed by atoms with Crippen molar-refractivity contribution in [1.29, 1.82) is 0 Å². The molecule has 0 aromatic heterocycles. The molecule has 0 saturated heterocycles. The zero-order valence-corrected chi connectivity index (χ0v) is 12.7. The van der Waals surface area contributed by atoms with E-state index in [-0.39, 0.29) is 0 Å². The third kappa shape index (κ3) is 3.96. The molecule has 2 nitrogen and oxygen atoms in total. The minimum atomic E-state index is 0.642. The monoisotopic (exact) mass is 368 g/mol. The summed E-state index contributed by atoms with van der Waals surface area (Å²) in [6, 6.07) is 18.2. The number of benzene rings is 2. The van der Waals surface area contributed by atoms with Crippen molar-refractivity contribution in [3.8, 4) is 0 Å². The molecule has 92 valence electrons. The summed E-state index contributed by atoms with van der Waals surface area (Å²) in [6.45, 7) is 0.732. The Morgan fingerprint density at radius 1 is 1.00 bits per heavy atom. The Kier molecular flexibility index (Phi) is 4.95. The van der Waals surface area contributed by atoms with Gasteiger partial charge in [0.1, 0.15) is 0 Å². The van der Waals surface area contributed by atoms with Gasteiger partial charge < -0.3 is 10.6 Å². The molecule has 0 fully saturated rings. The number of hydrogen-bond acceptors (Lipinski definition) is 1. The Morgan fingerprint density at radius 2 is 1.67 bits per heavy atom. The molecule has 2 rings (SSSR count). The topological polar surface area (TPSA) is 24.1 Å². The van der Waals surface area contributed by atoms with E-state index < -0.39 is 0 Å². The maximum atomic E-state index is 5.27. The number of thiocarbonyl (C=S) groups is 1. The summed E-state index contributed by atoms with van der Waals surface area (Å²) in [7, 11) is 0. The first-order chi connectivity index (χ1) is 8.75. The molecular weight excluding hydrogens is 355 g/mol. The first-order valence-corrected chi connectivity index (χ1v) is 7.08. The van der Waals surface area contributed by atoms with Crippen LogP contribution >= 0.6 is 34.8 Å². The first-order valence-electron chi connectivity index (χ1n) is 5.59. The summed E-state index contributed by atoms with van der Waals surface area (Å²) in [5, 5.41) is 7.03. The smallest absolute Gasteiger partial charge is 0.171 e. The van der Waals surface area contributed by atoms with Crippen LogP contribution in [0.5, 0.6) is 0 Å². The van der Waals surface area contributed by atoms with Gasteiger partial charge in [0, 0.05) is 10.1 Å². The highest BCUT2D eigenvalue weighted by atomic mass is 127. The van der Waals surface area contributed by atoms with Gasteiger partial charge in [-0.25, -0.2) is 0 Å². The minimum absolute atomic E-state index is 0.642. The summed E-state index contributed by atoms with van der Waals surface area (Å²) in [5.74, 6) is 0. The molecule has 2 N–H and O–H groups in total. The van der Waals surface area contributed by atoms with Crippen molar-refractivity contribution in [3.05, 3.63) is 63.7 Å². The number of nitrogens with one attached hydrogen (secondary N) is 2. The molecule has 0 spiro atoms. The summed E-state index contributed by atoms with van der Waals surface area (Å²) in [4.78, 5) is 0. The zero-order valence-electron chi connectivity index (χ0n) is 9.69. The second kappa shape index (κ2) is 6.70. The molecule has 2 aromatic rings. The third-order valence-electron chi connectivity index (χ3n) is 2.42. The standard InChI is InChI=1S/C14H13IN2S/c15-12-8-4-5-9-13(12)17-14(18)16-10-11-6-2-1-3-7-11/h1-9H,10H2,(H2,16,17,18). The van der Waals surface area contributed by atoms with Crippen LogP contribution in [-0.4, -0.2) is 5.11 Å². The highest BCUT2D eigenvalue weighted by Gasteiger charge is 2.00. The Labute approximate surface area is 126 Å². The van der Waals surface area contributed by atoms with E-state index in [1.165, 1.54) is 5.56 Å². The Balaban J connectivity index is 1.88. The van der Waals surface area contributed by atoms with Crippen molar-refractivity contribution in [1.82, 2.24) is 5.32 Å². The first kappa shape index (κ1) is 13.3. The van der Waals surface area contributed by atoms with Gasteiger partial charge in [0.15, 0.2) is 5.11 Å². The molecule has 0 aliphatic carbocycles. The van der Waals surface area contributed by atoms with E-state index in [0.717, 1.165) is 15.8 Å². The van der Waals surface area contributed by atoms with Crippen molar-refractivity contribution < 1.29 is 0 Å². The van der Waals surface area contributed by atoms with Gasteiger partial charge in [-0.3, -0.25) is 0 Å². The molecule has 2 aromatic carbocycles. The molecule has 0 radical (unpaired) electrons. The average molecular weight is 368 g/mol. The predicted molar refractivity (Wildman–Crippen MR) is 88.7 cm³/mol. The van der Waals surface area contributed by atoms with Crippen molar-refractivity contribution in [2.24, 2.45) is 0 Å². The van der Waals surface area contributed by atoms with Gasteiger partial charge in [0.25, 0.3) is 0 Å². The van der Waals surface area contributed by atoms with Gasteiger partial charge in [-0.05, 0) is 52.5 Å². The maximum absolute atomic E-state index is 5.27. The van der Waals surface area contributed by atoms with Crippen molar-refractivity contribution in [3.63, 3.8) is 0 Å². The van der Waals surface area contributed by atoms with E-state index in [9.17, 15) is 0 Å². The molecule has 4 heteroatoms. The van der Waals surface area contributed by atoms with Gasteiger partial charge in [-0.1, -0.05) is 42.5 Å². The van der Waals surface area contributed by atoms with Crippen LogP contribution in [0.4, 0.5) is 5.69 Å². The van der Waals surface area contributed by atoms with Gasteiger partial charge in [-0.15, -0.1) is 0 Å². The summed E-state index contributed by atoms with van der Waals surface area (Å²) < 4.78 is 1.15. The Hall–Kier alpha value is -1.14. The minimum Gasteiger partial charge on any atom is -0.358 e. The van der Waals surface area contributed by atoms with Crippen LogP contribution in [0, 0.1) is 3.57 Å². The number of rotatable bonds is 3. The quantitative estimate of drug-likeness (QED) is 0.637. The van der Waals surface area contributed by atoms with E-state index in [1.807, 2.05) is 42.5 Å². The zero-order chi connectivity index (χ0) is 12.8. The SMILES string of the molecule is S=C(NCc1ccccc1)Nc1ccccc1I. The van der Waals surface area contributed by atoms with Crippen LogP contribution in [0.2, 0.25) is 0 Å². The van der Waals surface area contributed by atoms with Gasteiger partial charge >= 0.3 is 0 Å². The molecule has 0 saturated carbocycles. The van der Waals surface area contributed by atoms with Crippen LogP contribution in [0.15, 0.2) is 54.6 Å². The lowest BCUT2D eigenvalue weighted by molar-refractivity contribution is 0.926. The molecule has 0 aliphatic heterocycles. The molecule has 0 bridgehead atoms. The molecule has 18 heavy (non-hydrogen) atoms. The van der Waals surface area contributed by atoms with Crippen LogP contribution < -0.4 is 10.6 Å². The fourth-order valence-corrected chi connectivity index (χ4v) is 2.21. The summed E-state index contributed by atoms with van der Waals surface area (Å²) >= 11 is 7.55. The van der Waals surface area contributed by atoms with Gasteiger partial charge in [-0.2, -0.15) is 0 Å². The second-order valence-corrected chi connectivity index (χ2v) is 5.34. The highest BCUT2D eigenvalue weighted by molar-refractivity contribution is 14.1. The number of para-hydroxylation sites is 1. The van der Waals surface area contributed by atoms with E-state index >= 15 is 0 Å². The molecule has 0 unspecified atom stereocenters. The van der Waals surface area contributed by atoms with Crippen LogP contribution in [-0.2, 0) is 6.54 Å². The predicted octanol–water partition coefficient (Wildman–Crippen LogP) is 3.78. The van der Waals surface area contributed by atoms with Crippen LogP contribution in [0.1, 0.15) is 5.56 Å². The average Bonchev–Trinajstić information content (AvgIpc) is 2.40. The fourth-order valence-electron chi connectivity index (χ4n) is 1.51. The lowest BCUT2D eigenvalue weighted by Crippen LogP contribution is -2.28. The fraction of sp³-hybridized carbons (Fsp3) is 0.0714. The molecule has 0 aliphatic rings. The number of halogens is 1. The molecule has 0 heterocycles. The second-order valence-electron chi connectivity index (χ2n) is 3.77. The Bertz CT molecular complexity index is 528. The summed E-state index contributed by atoms with van der Waals surface area (Å²) in [6.07, 6.45) is 0. The Morgan fingerprint density at radius 3 is 2.39 bits per heavy atom. The molecular formula is C14H13IN2S. The normalized spacial score (nSPS) is 9.83. The maximum Gasteiger partial charge on any atom is 0.171 e. The number of hydrogen-bond donors (Lipinski definition) is 2. The van der Waals surface area contributed by atoms with E-state index in [0.29, 0.717) is 5.11 Å². The van der Waals surface area contributed by atoms with Crippen LogP contribution in [0.25, 0.3) is 0 Å². The van der Waals surface area contributed by atoms with Gasteiger partial charge in [0.05, 0.1) is 5.69 Å². The largest absolute Gasteiger partial charge is 0.358 e. The van der Waals surface area contributed by atoms with E-state index in [2.05, 4.69) is 45.4 Å². The van der Waals surface area contributed by atoms with E-state index in [1.54, 1.807) is 0 Å². The lowest BCUT2D eigenvalue weighted by Gasteiger charge is -2.11. The molecule has 0 atom stereocenters. The number of anilines is 1. The van der Waals surface area contributed by atoms with Gasteiger partial charge in [0.2, 0.25) is 0 Å². The molecule has 0 amide bonds. The van der Waals surface area contributed by atoms with Crippen molar-refractivity contribution >= 4 is 45.6 Å². The third-order valence-corrected chi connectivity index (χ3v) is 3.61. The highest BCUT2D eigenvalue weighted by Crippen LogP contribution is 2.16. The lowest BCUT2D eigenvalue weighted by atomic mass is 10.2. The summed E-state index contributed by atoms with van der Waals surface area (Å²) in [5.41, 5.74) is 2.24. The van der Waals surface area contributed by atoms with E-state index in [4.69, 9.17) is 12.2 Å².